The smallest absolute Gasteiger partial charge is 0.171 e. The average Bonchev–Trinajstić information content (AvgIpc) is 2.36. The van der Waals surface area contributed by atoms with Crippen LogP contribution in [0, 0.1) is 0 Å². The maximum atomic E-state index is 5.60. The van der Waals surface area contributed by atoms with E-state index in [0.717, 1.165) is 37.7 Å². The first-order valence-corrected chi connectivity index (χ1v) is 6.36. The molecule has 1 heterocycles. The van der Waals surface area contributed by atoms with Crippen molar-refractivity contribution in [2.24, 2.45) is 0 Å². The minimum atomic E-state index is 0.670. The van der Waals surface area contributed by atoms with E-state index in [1.807, 2.05) is 25.3 Å². The van der Waals surface area contributed by atoms with Crippen molar-refractivity contribution in [3.8, 4) is 5.75 Å². The van der Waals surface area contributed by atoms with E-state index in [9.17, 15) is 0 Å². The molecule has 0 radical (unpaired) electrons. The molecule has 0 amide bonds. The number of pyridine rings is 1. The van der Waals surface area contributed by atoms with Gasteiger partial charge >= 0.3 is 0 Å². The Balaban J connectivity index is 2.72. The number of rotatable bonds is 8. The lowest BCUT2D eigenvalue weighted by molar-refractivity contribution is 0.339. The summed E-state index contributed by atoms with van der Waals surface area (Å²) in [4.78, 5) is 6.65. The minimum Gasteiger partial charge on any atom is -0.490 e. The van der Waals surface area contributed by atoms with Gasteiger partial charge in [0.15, 0.2) is 11.6 Å². The molecule has 0 atom stereocenters. The molecule has 0 spiro atoms. The molecule has 0 aromatic carbocycles. The molecule has 4 heteroatoms. The Labute approximate surface area is 104 Å². The Morgan fingerprint density at radius 3 is 2.82 bits per heavy atom. The summed E-state index contributed by atoms with van der Waals surface area (Å²) in [5.41, 5.74) is 0. The van der Waals surface area contributed by atoms with Crippen LogP contribution in [0.15, 0.2) is 18.3 Å². The summed E-state index contributed by atoms with van der Waals surface area (Å²) in [6.07, 6.45) is 1.81. The molecule has 0 aliphatic heterocycles. The van der Waals surface area contributed by atoms with Crippen LogP contribution < -0.4 is 15.0 Å². The van der Waals surface area contributed by atoms with Crippen LogP contribution in [0.1, 0.15) is 20.8 Å². The molecule has 17 heavy (non-hydrogen) atoms. The van der Waals surface area contributed by atoms with Crippen LogP contribution in [0.25, 0.3) is 0 Å². The summed E-state index contributed by atoms with van der Waals surface area (Å²) in [5.74, 6) is 1.81. The molecule has 1 aromatic heterocycles. The number of nitrogens with one attached hydrogen (secondary N) is 1. The summed E-state index contributed by atoms with van der Waals surface area (Å²) in [7, 11) is 0. The zero-order valence-corrected chi connectivity index (χ0v) is 11.1. The van der Waals surface area contributed by atoms with Gasteiger partial charge in [0, 0.05) is 25.8 Å². The van der Waals surface area contributed by atoms with Crippen LogP contribution in [-0.4, -0.2) is 37.8 Å². The quantitative estimate of drug-likeness (QED) is 0.701. The van der Waals surface area contributed by atoms with Crippen molar-refractivity contribution in [1.29, 1.82) is 0 Å². The van der Waals surface area contributed by atoms with Crippen LogP contribution in [-0.2, 0) is 0 Å². The molecule has 0 aliphatic rings. The fourth-order valence-electron chi connectivity index (χ4n) is 1.69. The van der Waals surface area contributed by atoms with Crippen molar-refractivity contribution in [2.45, 2.75) is 20.8 Å². The molecule has 96 valence electrons. The maximum absolute atomic E-state index is 5.60. The third-order valence-electron chi connectivity index (χ3n) is 2.54. The monoisotopic (exact) mass is 237 g/mol. The maximum Gasteiger partial charge on any atom is 0.171 e. The number of hydrogen-bond donors (Lipinski definition) is 1. The molecular formula is C13H23N3O. The van der Waals surface area contributed by atoms with Gasteiger partial charge in [0.1, 0.15) is 0 Å². The fourth-order valence-corrected chi connectivity index (χ4v) is 1.69. The van der Waals surface area contributed by atoms with Gasteiger partial charge in [-0.15, -0.1) is 0 Å². The second-order valence-electron chi connectivity index (χ2n) is 3.69. The van der Waals surface area contributed by atoms with Gasteiger partial charge in [0.25, 0.3) is 0 Å². The molecule has 1 aromatic rings. The SMILES string of the molecule is CCNCCN(CC)c1ncccc1OCC. The average molecular weight is 237 g/mol. The van der Waals surface area contributed by atoms with Crippen LogP contribution in [0.4, 0.5) is 5.82 Å². The first-order chi connectivity index (χ1) is 8.33. The largest absolute Gasteiger partial charge is 0.490 e. The summed E-state index contributed by atoms with van der Waals surface area (Å²) in [5, 5.41) is 3.32. The van der Waals surface area contributed by atoms with Gasteiger partial charge in [-0.05, 0) is 32.5 Å². The molecule has 0 fully saturated rings. The molecule has 0 aliphatic carbocycles. The number of likely N-dealkylation sites (N-methyl/N-ethyl adjacent to an activating group) is 2. The Morgan fingerprint density at radius 2 is 2.18 bits per heavy atom. The highest BCUT2D eigenvalue weighted by Gasteiger charge is 2.11. The van der Waals surface area contributed by atoms with Gasteiger partial charge in [-0.2, -0.15) is 0 Å². The summed E-state index contributed by atoms with van der Waals surface area (Å²) in [6, 6.07) is 3.88. The Kier molecular flexibility index (Phi) is 6.40. The third kappa shape index (κ3) is 4.23. The zero-order chi connectivity index (χ0) is 12.5. The Morgan fingerprint density at radius 1 is 1.35 bits per heavy atom. The van der Waals surface area contributed by atoms with E-state index >= 15 is 0 Å². The molecule has 1 rings (SSSR count). The first kappa shape index (κ1) is 13.8. The van der Waals surface area contributed by atoms with E-state index in [0.29, 0.717) is 6.61 Å². The van der Waals surface area contributed by atoms with E-state index in [1.165, 1.54) is 0 Å². The lowest BCUT2D eigenvalue weighted by Gasteiger charge is -2.24. The van der Waals surface area contributed by atoms with Crippen molar-refractivity contribution in [3.63, 3.8) is 0 Å². The molecule has 4 nitrogen and oxygen atoms in total. The zero-order valence-electron chi connectivity index (χ0n) is 11.1. The predicted molar refractivity (Wildman–Crippen MR) is 71.8 cm³/mol. The minimum absolute atomic E-state index is 0.670. The van der Waals surface area contributed by atoms with Gasteiger partial charge in [0.2, 0.25) is 0 Å². The molecule has 0 saturated heterocycles. The van der Waals surface area contributed by atoms with Crippen LogP contribution in [0.5, 0.6) is 5.75 Å². The number of hydrogen-bond acceptors (Lipinski definition) is 4. The topological polar surface area (TPSA) is 37.4 Å². The lowest BCUT2D eigenvalue weighted by Crippen LogP contribution is -2.32. The second kappa shape index (κ2) is 7.90. The van der Waals surface area contributed by atoms with Crippen molar-refractivity contribution in [1.82, 2.24) is 10.3 Å². The highest BCUT2D eigenvalue weighted by Crippen LogP contribution is 2.24. The van der Waals surface area contributed by atoms with Crippen molar-refractivity contribution >= 4 is 5.82 Å². The van der Waals surface area contributed by atoms with Gasteiger partial charge in [0.05, 0.1) is 6.61 Å². The van der Waals surface area contributed by atoms with Crippen molar-refractivity contribution in [3.05, 3.63) is 18.3 Å². The van der Waals surface area contributed by atoms with E-state index in [2.05, 4.69) is 29.0 Å². The van der Waals surface area contributed by atoms with Crippen molar-refractivity contribution in [2.75, 3.05) is 37.7 Å². The standard InChI is InChI=1S/C13H23N3O/c1-4-14-10-11-16(5-2)13-12(17-6-3)8-7-9-15-13/h7-9,14H,4-6,10-11H2,1-3H3. The summed E-state index contributed by atoms with van der Waals surface area (Å²) < 4.78 is 5.60. The second-order valence-corrected chi connectivity index (χ2v) is 3.69. The van der Waals surface area contributed by atoms with E-state index < -0.39 is 0 Å². The third-order valence-corrected chi connectivity index (χ3v) is 2.54. The van der Waals surface area contributed by atoms with E-state index in [-0.39, 0.29) is 0 Å². The highest BCUT2D eigenvalue weighted by molar-refractivity contribution is 5.51. The highest BCUT2D eigenvalue weighted by atomic mass is 16.5. The number of aromatic nitrogens is 1. The number of nitrogens with zero attached hydrogens (tertiary/aromatic N) is 2. The van der Waals surface area contributed by atoms with E-state index in [4.69, 9.17) is 4.74 Å². The molecule has 0 unspecified atom stereocenters. The fraction of sp³-hybridized carbons (Fsp3) is 0.615. The number of ether oxygens (including phenoxy) is 1. The molecular weight excluding hydrogens is 214 g/mol. The molecule has 0 saturated carbocycles. The molecule has 1 N–H and O–H groups in total. The predicted octanol–water partition coefficient (Wildman–Crippen LogP) is 1.92. The van der Waals surface area contributed by atoms with E-state index in [1.54, 1.807) is 0 Å². The van der Waals surface area contributed by atoms with Gasteiger partial charge < -0.3 is 15.0 Å². The van der Waals surface area contributed by atoms with Crippen molar-refractivity contribution < 1.29 is 4.74 Å². The van der Waals surface area contributed by atoms with Gasteiger partial charge in [-0.3, -0.25) is 0 Å². The van der Waals surface area contributed by atoms with Crippen LogP contribution in [0.3, 0.4) is 0 Å². The normalized spacial score (nSPS) is 10.3. The van der Waals surface area contributed by atoms with Gasteiger partial charge in [-0.1, -0.05) is 6.92 Å². The first-order valence-electron chi connectivity index (χ1n) is 6.36. The summed E-state index contributed by atoms with van der Waals surface area (Å²) >= 11 is 0. The van der Waals surface area contributed by atoms with Crippen LogP contribution >= 0.6 is 0 Å². The lowest BCUT2D eigenvalue weighted by atomic mass is 10.3. The Hall–Kier alpha value is -1.29. The van der Waals surface area contributed by atoms with Crippen LogP contribution in [0.2, 0.25) is 0 Å². The Bertz CT molecular complexity index is 317. The molecule has 0 bridgehead atoms. The van der Waals surface area contributed by atoms with Gasteiger partial charge in [-0.25, -0.2) is 4.98 Å². The number of anilines is 1. The summed E-state index contributed by atoms with van der Waals surface area (Å²) in [6.45, 7) is 10.8.